The molecule has 0 unspecified atom stereocenters. The van der Waals surface area contributed by atoms with Crippen molar-refractivity contribution in [1.29, 1.82) is 0 Å². The van der Waals surface area contributed by atoms with Gasteiger partial charge in [-0.2, -0.15) is 0 Å². The largest absolute Gasteiger partial charge is 0.497 e. The fraction of sp³-hybridized carbons (Fsp3) is 0.250. The summed E-state index contributed by atoms with van der Waals surface area (Å²) in [7, 11) is 1.69. The number of nitrogens with one attached hydrogen (secondary N) is 1. The summed E-state index contributed by atoms with van der Waals surface area (Å²) in [6.07, 6.45) is 0. The molecule has 0 bridgehead atoms. The van der Waals surface area contributed by atoms with Crippen LogP contribution in [0.25, 0.3) is 11.0 Å². The van der Waals surface area contributed by atoms with Gasteiger partial charge in [0, 0.05) is 23.8 Å². The first-order chi connectivity index (χ1) is 16.0. The monoisotopic (exact) mass is 438 g/mol. The summed E-state index contributed by atoms with van der Waals surface area (Å²) in [6.45, 7) is 5.25. The highest BCUT2D eigenvalue weighted by atomic mass is 16.5. The van der Waals surface area contributed by atoms with Crippen molar-refractivity contribution in [3.63, 3.8) is 0 Å². The zero-order valence-corrected chi connectivity index (χ0v) is 19.0. The minimum atomic E-state index is -0.206. The fourth-order valence-corrected chi connectivity index (χ4v) is 5.53. The molecule has 2 aliphatic rings. The summed E-state index contributed by atoms with van der Waals surface area (Å²) in [5.74, 6) is 1.60. The summed E-state index contributed by atoms with van der Waals surface area (Å²) in [4.78, 5) is 16.0. The van der Waals surface area contributed by atoms with Crippen LogP contribution >= 0.6 is 0 Å². The smallest absolute Gasteiger partial charge is 0.209 e. The van der Waals surface area contributed by atoms with Crippen LogP contribution in [0.5, 0.6) is 5.75 Å². The number of para-hydroxylation sites is 2. The third-order valence-corrected chi connectivity index (χ3v) is 7.38. The van der Waals surface area contributed by atoms with E-state index in [0.29, 0.717) is 22.4 Å². The maximum atomic E-state index is 13.9. The first-order valence-electron chi connectivity index (χ1n) is 11.3. The van der Waals surface area contributed by atoms with Crippen molar-refractivity contribution < 1.29 is 9.15 Å². The van der Waals surface area contributed by atoms with Crippen LogP contribution < -0.4 is 20.4 Å². The van der Waals surface area contributed by atoms with E-state index in [2.05, 4.69) is 48.3 Å². The molecule has 0 amide bonds. The highest BCUT2D eigenvalue weighted by Crippen LogP contribution is 2.54. The minimum absolute atomic E-state index is 0.0303. The number of anilines is 3. The molecule has 0 saturated carbocycles. The third-order valence-electron chi connectivity index (χ3n) is 7.38. The molecular weight excluding hydrogens is 412 g/mol. The van der Waals surface area contributed by atoms with E-state index >= 15 is 0 Å². The van der Waals surface area contributed by atoms with Gasteiger partial charge < -0.3 is 19.4 Å². The number of nitrogens with zero attached hydrogens (tertiary/aromatic N) is 1. The van der Waals surface area contributed by atoms with Crippen molar-refractivity contribution in [1.82, 2.24) is 0 Å². The lowest BCUT2D eigenvalue weighted by atomic mass is 9.64. The molecule has 5 heteroatoms. The number of methoxy groups -OCH3 is 1. The second-order valence-corrected chi connectivity index (χ2v) is 9.45. The molecule has 4 aromatic rings. The molecule has 0 saturated heterocycles. The van der Waals surface area contributed by atoms with Crippen molar-refractivity contribution in [3.8, 4) is 5.75 Å². The van der Waals surface area contributed by atoms with Gasteiger partial charge in [-0.1, -0.05) is 44.2 Å². The predicted octanol–water partition coefficient (Wildman–Crippen LogP) is 6.01. The highest BCUT2D eigenvalue weighted by Gasteiger charge is 2.49. The van der Waals surface area contributed by atoms with Gasteiger partial charge in [-0.25, -0.2) is 0 Å². The van der Waals surface area contributed by atoms with Gasteiger partial charge in [0.2, 0.25) is 5.88 Å². The van der Waals surface area contributed by atoms with Crippen molar-refractivity contribution in [2.75, 3.05) is 23.9 Å². The normalized spacial score (nSPS) is 20.4. The quantitative estimate of drug-likeness (QED) is 0.415. The molecule has 5 nitrogen and oxygen atoms in total. The van der Waals surface area contributed by atoms with Gasteiger partial charge in [-0.05, 0) is 53.4 Å². The Balaban J connectivity index is 1.63. The molecule has 33 heavy (non-hydrogen) atoms. The van der Waals surface area contributed by atoms with Gasteiger partial charge in [0.25, 0.3) is 0 Å². The maximum Gasteiger partial charge on any atom is 0.209 e. The molecule has 1 aromatic heterocycles. The van der Waals surface area contributed by atoms with Crippen LogP contribution in [0, 0.1) is 5.92 Å². The molecule has 6 rings (SSSR count). The average Bonchev–Trinajstić information content (AvgIpc) is 2.84. The van der Waals surface area contributed by atoms with Gasteiger partial charge in [0.15, 0.2) is 5.43 Å². The van der Waals surface area contributed by atoms with Gasteiger partial charge in [0.05, 0.1) is 24.1 Å². The Bertz CT molecular complexity index is 1420. The molecule has 1 N–H and O–H groups in total. The number of rotatable bonds is 2. The van der Waals surface area contributed by atoms with Crippen molar-refractivity contribution in [3.05, 3.63) is 94.1 Å². The summed E-state index contributed by atoms with van der Waals surface area (Å²) in [6, 6.07) is 23.7. The maximum absolute atomic E-state index is 13.9. The van der Waals surface area contributed by atoms with E-state index in [-0.39, 0.29) is 22.8 Å². The van der Waals surface area contributed by atoms with Crippen molar-refractivity contribution in [2.24, 2.45) is 5.92 Å². The van der Waals surface area contributed by atoms with Gasteiger partial charge in [-0.3, -0.25) is 4.79 Å². The number of ether oxygens (including phenoxy) is 1. The van der Waals surface area contributed by atoms with E-state index in [1.54, 1.807) is 7.11 Å². The van der Waals surface area contributed by atoms with E-state index in [1.807, 2.05) is 48.5 Å². The summed E-state index contributed by atoms with van der Waals surface area (Å²) < 4.78 is 12.0. The molecule has 3 aromatic carbocycles. The zero-order valence-electron chi connectivity index (χ0n) is 19.0. The lowest BCUT2D eigenvalue weighted by molar-refractivity contribution is 0.259. The van der Waals surface area contributed by atoms with E-state index in [9.17, 15) is 4.79 Å². The van der Waals surface area contributed by atoms with E-state index in [1.165, 1.54) is 5.56 Å². The Morgan fingerprint density at radius 1 is 1.03 bits per heavy atom. The molecule has 3 heterocycles. The summed E-state index contributed by atoms with van der Waals surface area (Å²) in [5, 5.41) is 4.31. The Morgan fingerprint density at radius 2 is 1.79 bits per heavy atom. The Morgan fingerprint density at radius 3 is 2.58 bits per heavy atom. The lowest BCUT2D eigenvalue weighted by Crippen LogP contribution is -2.51. The molecule has 2 atom stereocenters. The number of benzene rings is 3. The number of hydrogen-bond donors (Lipinski definition) is 1. The zero-order chi connectivity index (χ0) is 22.7. The van der Waals surface area contributed by atoms with Crippen molar-refractivity contribution in [2.45, 2.75) is 25.3 Å². The Hall–Kier alpha value is -3.73. The van der Waals surface area contributed by atoms with Crippen LogP contribution in [0.4, 0.5) is 17.3 Å². The first-order valence-corrected chi connectivity index (χ1v) is 11.3. The van der Waals surface area contributed by atoms with Crippen molar-refractivity contribution >= 4 is 28.2 Å². The highest BCUT2D eigenvalue weighted by molar-refractivity contribution is 5.81. The van der Waals surface area contributed by atoms with Crippen LogP contribution in [0.3, 0.4) is 0 Å². The van der Waals surface area contributed by atoms with Gasteiger partial charge in [0.1, 0.15) is 11.3 Å². The van der Waals surface area contributed by atoms with E-state index < -0.39 is 0 Å². The van der Waals surface area contributed by atoms with Crippen LogP contribution in [0.1, 0.15) is 31.0 Å². The molecule has 0 spiro atoms. The second-order valence-electron chi connectivity index (χ2n) is 9.45. The molecule has 0 fully saturated rings. The second kappa shape index (κ2) is 7.14. The molecule has 0 radical (unpaired) electrons. The van der Waals surface area contributed by atoms with E-state index in [4.69, 9.17) is 9.15 Å². The lowest BCUT2D eigenvalue weighted by Gasteiger charge is -2.51. The molecular formula is C28H26N2O3. The minimum Gasteiger partial charge on any atom is -0.497 e. The Kier molecular flexibility index (Phi) is 4.31. The van der Waals surface area contributed by atoms with Crippen LogP contribution in [0.15, 0.2) is 82.0 Å². The van der Waals surface area contributed by atoms with Gasteiger partial charge >= 0.3 is 0 Å². The fourth-order valence-electron chi connectivity index (χ4n) is 5.53. The number of fused-ring (bicyclic) bond motifs is 5. The third kappa shape index (κ3) is 2.88. The topological polar surface area (TPSA) is 54.7 Å². The predicted molar refractivity (Wildman–Crippen MR) is 132 cm³/mol. The first kappa shape index (κ1) is 19.9. The SMILES string of the molecule is COc1ccc2c(c1)C(C)(C)[C@H]1CN(c3ccccc3)c3oc4ccccc4c(=O)c3[C@H]1N2. The van der Waals surface area contributed by atoms with Crippen LogP contribution in [0.2, 0.25) is 0 Å². The summed E-state index contributed by atoms with van der Waals surface area (Å²) >= 11 is 0. The molecule has 0 aliphatic carbocycles. The van der Waals surface area contributed by atoms with E-state index in [0.717, 1.165) is 23.7 Å². The van der Waals surface area contributed by atoms with Crippen LogP contribution in [-0.4, -0.2) is 13.7 Å². The average molecular weight is 439 g/mol. The molecule has 166 valence electrons. The number of hydrogen-bond acceptors (Lipinski definition) is 5. The Labute approximate surface area is 192 Å². The summed E-state index contributed by atoms with van der Waals surface area (Å²) in [5.41, 5.74) is 4.39. The standard InChI is InChI=1S/C28H26N2O3/c1-28(2)20-15-18(32-3)13-14-22(20)29-25-21(28)16-30(17-9-5-4-6-10-17)27-24(25)26(31)19-11-7-8-12-23(19)33-27/h4-15,21,25,29H,16H2,1-3H3/t21-,25-/m0/s1. The van der Waals surface area contributed by atoms with Crippen LogP contribution in [-0.2, 0) is 5.41 Å². The van der Waals surface area contributed by atoms with Gasteiger partial charge in [-0.15, -0.1) is 0 Å². The molecule has 2 aliphatic heterocycles.